The van der Waals surface area contributed by atoms with Crippen LogP contribution < -0.4 is 0 Å². The van der Waals surface area contributed by atoms with E-state index in [-0.39, 0.29) is 0 Å². The minimum atomic E-state index is 0.519. The van der Waals surface area contributed by atoms with Gasteiger partial charge < -0.3 is 4.57 Å². The second-order valence-corrected chi connectivity index (χ2v) is 16.8. The van der Waals surface area contributed by atoms with Gasteiger partial charge in [-0.05, 0) is 117 Å². The molecule has 4 heteroatoms. The maximum absolute atomic E-state index is 5.57. The van der Waals surface area contributed by atoms with Crippen LogP contribution in [0.5, 0.6) is 0 Å². The zero-order valence-electron chi connectivity index (χ0n) is 37.0. The number of hydrogen-bond acceptors (Lipinski definition) is 1. The Kier molecular flexibility index (Phi) is 10.3. The van der Waals surface area contributed by atoms with E-state index in [1.165, 1.54) is 27.1 Å². The van der Waals surface area contributed by atoms with Gasteiger partial charge in [-0.2, -0.15) is 0 Å². The summed E-state index contributed by atoms with van der Waals surface area (Å²) in [4.78, 5) is 11.1. The molecule has 4 nitrogen and oxygen atoms in total. The number of nitrogens with zero attached hydrogens (tertiary/aromatic N) is 4. The van der Waals surface area contributed by atoms with Crippen LogP contribution in [0, 0.1) is 6.92 Å². The van der Waals surface area contributed by atoms with Crippen molar-refractivity contribution in [3.63, 3.8) is 0 Å². The van der Waals surface area contributed by atoms with Crippen LogP contribution in [0.25, 0.3) is 94.0 Å². The zero-order valence-corrected chi connectivity index (χ0v) is 37.0. The van der Waals surface area contributed by atoms with Crippen molar-refractivity contribution >= 4 is 77.7 Å². The summed E-state index contributed by atoms with van der Waals surface area (Å²) in [5.41, 5.74) is 14.2. The molecule has 2 heterocycles. The highest BCUT2D eigenvalue weighted by molar-refractivity contribution is 6.23. The smallest absolute Gasteiger partial charge is 0.235 e. The topological polar surface area (TPSA) is 34.6 Å². The number of allylic oxidation sites excluding steroid dienone is 2. The average Bonchev–Trinajstić information content (AvgIpc) is 3.86. The van der Waals surface area contributed by atoms with Crippen LogP contribution in [0.1, 0.15) is 29.3 Å². The van der Waals surface area contributed by atoms with Crippen LogP contribution in [0.3, 0.4) is 0 Å². The van der Waals surface area contributed by atoms with Gasteiger partial charge in [0.1, 0.15) is 0 Å². The van der Waals surface area contributed by atoms with Gasteiger partial charge in [0.2, 0.25) is 5.96 Å². The van der Waals surface area contributed by atoms with Crippen molar-refractivity contribution in [1.29, 1.82) is 0 Å². The third kappa shape index (κ3) is 7.15. The Morgan fingerprint density at radius 3 is 1.76 bits per heavy atom. The van der Waals surface area contributed by atoms with E-state index in [0.29, 0.717) is 11.7 Å². The molecule has 9 aromatic carbocycles. The molecule has 11 aromatic rings. The zero-order chi connectivity index (χ0) is 44.7. The fourth-order valence-corrected chi connectivity index (χ4v) is 9.47. The lowest BCUT2D eigenvalue weighted by atomic mass is 9.99. The van der Waals surface area contributed by atoms with Gasteiger partial charge in [0.25, 0.3) is 0 Å². The van der Waals surface area contributed by atoms with Crippen molar-refractivity contribution < 1.29 is 0 Å². The van der Waals surface area contributed by atoms with Crippen LogP contribution in [0.2, 0.25) is 0 Å². The Balaban J connectivity index is 1.15. The van der Waals surface area contributed by atoms with Crippen LogP contribution >= 0.6 is 0 Å². The molecule has 0 saturated carbocycles. The van der Waals surface area contributed by atoms with Crippen molar-refractivity contribution in [2.45, 2.75) is 13.8 Å². The molecule has 0 aliphatic rings. The van der Waals surface area contributed by atoms with E-state index < -0.39 is 0 Å². The van der Waals surface area contributed by atoms with E-state index >= 15 is 0 Å². The standard InChI is InChI=1S/C62H46N4/c1-5-6-29-58-41(2)55-35-36-57-56-28-14-15-30-59(56)66(61(57)60(55)65(58)54-26-8-7-9-27-54)62(63-42(3)46-22-16-24-50(37-46)52-33-31-44-18-10-12-20-48(44)39-52)64-43(4)47-23-17-25-51(38-47)53-34-32-45-19-11-13-21-49(45)40-53/h5-40H,1,3H2,2,4H3/b29-6-,63-62?,64-43?. The number of benzene rings is 9. The molecule has 0 spiro atoms. The molecule has 0 aliphatic heterocycles. The van der Waals surface area contributed by atoms with Gasteiger partial charge in [0, 0.05) is 38.8 Å². The molecule has 11 rings (SSSR count). The molecule has 2 aromatic heterocycles. The van der Waals surface area contributed by atoms with Crippen molar-refractivity contribution in [2.24, 2.45) is 9.98 Å². The predicted molar refractivity (Wildman–Crippen MR) is 283 cm³/mol. The summed E-state index contributed by atoms with van der Waals surface area (Å²) in [5, 5.41) is 8.20. The first-order valence-corrected chi connectivity index (χ1v) is 22.4. The number of rotatable bonds is 8. The molecule has 0 atom stereocenters. The maximum atomic E-state index is 5.57. The highest BCUT2D eigenvalue weighted by Crippen LogP contribution is 2.40. The Morgan fingerprint density at radius 1 is 0.500 bits per heavy atom. The highest BCUT2D eigenvalue weighted by atomic mass is 15.2. The minimum Gasteiger partial charge on any atom is -0.308 e. The summed E-state index contributed by atoms with van der Waals surface area (Å²) in [5.74, 6) is 0.519. The molecule has 0 amide bonds. The Labute approximate surface area is 384 Å². The van der Waals surface area contributed by atoms with E-state index in [2.05, 4.69) is 242 Å². The Morgan fingerprint density at radius 2 is 1.08 bits per heavy atom. The molecule has 0 saturated heterocycles. The van der Waals surface area contributed by atoms with Crippen LogP contribution in [-0.4, -0.2) is 20.8 Å². The highest BCUT2D eigenvalue weighted by Gasteiger charge is 2.24. The van der Waals surface area contributed by atoms with E-state index in [4.69, 9.17) is 9.98 Å². The van der Waals surface area contributed by atoms with Crippen molar-refractivity contribution in [3.8, 4) is 27.9 Å². The summed E-state index contributed by atoms with van der Waals surface area (Å²) in [6, 6.07) is 71.1. The minimum absolute atomic E-state index is 0.519. The van der Waals surface area contributed by atoms with Crippen LogP contribution in [-0.2, 0) is 0 Å². The molecular weight excluding hydrogens is 801 g/mol. The lowest BCUT2D eigenvalue weighted by Gasteiger charge is -2.14. The third-order valence-corrected chi connectivity index (χ3v) is 12.8. The molecule has 314 valence electrons. The number of para-hydroxylation sites is 2. The van der Waals surface area contributed by atoms with Gasteiger partial charge in [-0.3, -0.25) is 4.57 Å². The molecule has 66 heavy (non-hydrogen) atoms. The first-order chi connectivity index (χ1) is 32.4. The molecule has 0 radical (unpaired) electrons. The second kappa shape index (κ2) is 16.8. The molecule has 0 fully saturated rings. The maximum Gasteiger partial charge on any atom is 0.235 e. The lowest BCUT2D eigenvalue weighted by Crippen LogP contribution is -2.13. The quantitative estimate of drug-likeness (QED) is 0.0830. The van der Waals surface area contributed by atoms with Crippen LogP contribution in [0.15, 0.2) is 235 Å². The normalized spacial score (nSPS) is 12.3. The van der Waals surface area contributed by atoms with Crippen molar-refractivity contribution in [1.82, 2.24) is 9.13 Å². The van der Waals surface area contributed by atoms with E-state index in [0.717, 1.165) is 83.2 Å². The average molecular weight is 847 g/mol. The van der Waals surface area contributed by atoms with Crippen molar-refractivity contribution in [3.05, 3.63) is 248 Å². The first kappa shape index (κ1) is 40.2. The third-order valence-electron chi connectivity index (χ3n) is 12.8. The number of aryl methyl sites for hydroxylation is 1. The Bertz CT molecular complexity index is 3820. The number of aliphatic imine (C=N–C) groups is 2. The van der Waals surface area contributed by atoms with Crippen molar-refractivity contribution in [2.75, 3.05) is 0 Å². The fourth-order valence-electron chi connectivity index (χ4n) is 9.47. The molecular formula is C62H46N4. The van der Waals surface area contributed by atoms with Gasteiger partial charge in [-0.25, -0.2) is 9.98 Å². The lowest BCUT2D eigenvalue weighted by molar-refractivity contribution is 1.09. The summed E-state index contributed by atoms with van der Waals surface area (Å²) < 4.78 is 4.62. The monoisotopic (exact) mass is 846 g/mol. The molecule has 0 unspecified atom stereocenters. The SMILES string of the molecule is C=C/C=C\c1c(C)c2ccc3c4ccccc4n(C(N=C(C)c4cccc(-c5ccc6ccccc6c5)c4)=NC(=C)c4cccc(-c5ccc6ccccc6c5)c4)c3c2n1-c1ccccc1. The predicted octanol–water partition coefficient (Wildman–Crippen LogP) is 16.3. The largest absolute Gasteiger partial charge is 0.308 e. The fraction of sp³-hybridized carbons (Fsp3) is 0.0323. The second-order valence-electron chi connectivity index (χ2n) is 16.8. The Hall–Kier alpha value is -8.60. The number of aromatic nitrogens is 2. The van der Waals surface area contributed by atoms with Gasteiger partial charge in [0.15, 0.2) is 0 Å². The van der Waals surface area contributed by atoms with Gasteiger partial charge in [-0.1, -0.05) is 183 Å². The van der Waals surface area contributed by atoms with E-state index in [1.807, 2.05) is 12.2 Å². The summed E-state index contributed by atoms with van der Waals surface area (Å²) >= 11 is 0. The van der Waals surface area contributed by atoms with Gasteiger partial charge >= 0.3 is 0 Å². The van der Waals surface area contributed by atoms with E-state index in [9.17, 15) is 0 Å². The first-order valence-electron chi connectivity index (χ1n) is 22.4. The summed E-state index contributed by atoms with van der Waals surface area (Å²) in [6.45, 7) is 13.0. The number of fused-ring (bicyclic) bond motifs is 7. The summed E-state index contributed by atoms with van der Waals surface area (Å²) in [6.07, 6.45) is 5.99. The van der Waals surface area contributed by atoms with Gasteiger partial charge in [-0.15, -0.1) is 0 Å². The van der Waals surface area contributed by atoms with Crippen LogP contribution in [0.4, 0.5) is 0 Å². The summed E-state index contributed by atoms with van der Waals surface area (Å²) in [7, 11) is 0. The molecule has 0 aliphatic carbocycles. The van der Waals surface area contributed by atoms with Gasteiger partial charge in [0.05, 0.1) is 22.2 Å². The number of hydrogen-bond donors (Lipinski definition) is 0. The molecule has 0 bridgehead atoms. The molecule has 0 N–H and O–H groups in total. The van der Waals surface area contributed by atoms with E-state index in [1.54, 1.807) is 0 Å².